The molecule has 1 saturated heterocycles. The van der Waals surface area contributed by atoms with Crippen molar-refractivity contribution in [1.29, 1.82) is 5.41 Å². The number of nitrogens with two attached hydrogens (primary N) is 2. The molecular weight excluding hydrogens is 252 g/mol. The van der Waals surface area contributed by atoms with Gasteiger partial charge < -0.3 is 36.4 Å². The van der Waals surface area contributed by atoms with Crippen LogP contribution >= 0.6 is 0 Å². The van der Waals surface area contributed by atoms with Gasteiger partial charge in [0.2, 0.25) is 5.79 Å². The van der Waals surface area contributed by atoms with E-state index in [2.05, 4.69) is 6.04 Å². The number of aliphatic hydroxyl groups excluding tert-OH is 2. The van der Waals surface area contributed by atoms with Crippen molar-refractivity contribution in [2.24, 2.45) is 11.5 Å². The minimum atomic E-state index is -1.79. The third-order valence-electron chi connectivity index (χ3n) is 3.81. The summed E-state index contributed by atoms with van der Waals surface area (Å²) in [6.45, 7) is -0.226. The highest BCUT2D eigenvalue weighted by molar-refractivity contribution is 5.77. The summed E-state index contributed by atoms with van der Waals surface area (Å²) in [4.78, 5) is 1.36. The van der Waals surface area contributed by atoms with Crippen LogP contribution in [0.1, 0.15) is 6.42 Å². The number of hydrogen-bond acceptors (Lipinski definition) is 7. The van der Waals surface area contributed by atoms with Gasteiger partial charge in [0, 0.05) is 19.0 Å². The van der Waals surface area contributed by atoms with E-state index < -0.39 is 36.2 Å². The van der Waals surface area contributed by atoms with Gasteiger partial charge in [-0.2, -0.15) is 0 Å². The molecule has 0 spiro atoms. The summed E-state index contributed by atoms with van der Waals surface area (Å²) in [7, 11) is 0. The van der Waals surface area contributed by atoms with Crippen LogP contribution in [0.2, 0.25) is 0 Å². The Kier molecular flexibility index (Phi) is 3.20. The molecule has 0 bridgehead atoms. The summed E-state index contributed by atoms with van der Waals surface area (Å²) in [5.74, 6) is -1.83. The van der Waals surface area contributed by atoms with Crippen LogP contribution in [0.15, 0.2) is 0 Å². The second-order valence-corrected chi connectivity index (χ2v) is 4.91. The predicted octanol–water partition coefficient (Wildman–Crippen LogP) is -3.27. The first-order chi connectivity index (χ1) is 8.82. The third kappa shape index (κ3) is 1.71. The van der Waals surface area contributed by atoms with Crippen molar-refractivity contribution >= 4 is 5.84 Å². The van der Waals surface area contributed by atoms with Crippen LogP contribution in [-0.2, 0) is 4.74 Å². The van der Waals surface area contributed by atoms with E-state index in [1.165, 1.54) is 4.90 Å². The molecule has 2 aliphatic rings. The maximum absolute atomic E-state index is 10.3. The SMILES string of the molecule is C#CN(CCC(=N)N)C1C2(O)OC(CO)C(O)[C@]12N. The quantitative estimate of drug-likeness (QED) is 0.133. The number of nitrogens with one attached hydrogen (secondary N) is 1. The molecule has 2 rings (SSSR count). The van der Waals surface area contributed by atoms with Gasteiger partial charge in [-0.1, -0.05) is 6.42 Å². The van der Waals surface area contributed by atoms with Gasteiger partial charge >= 0.3 is 0 Å². The van der Waals surface area contributed by atoms with Crippen molar-refractivity contribution in [3.63, 3.8) is 0 Å². The Balaban J connectivity index is 2.13. The summed E-state index contributed by atoms with van der Waals surface area (Å²) in [6, 6.07) is 1.55. The fourth-order valence-electron chi connectivity index (χ4n) is 2.71. The van der Waals surface area contributed by atoms with E-state index in [1.807, 2.05) is 0 Å². The lowest BCUT2D eigenvalue weighted by Crippen LogP contribution is -2.49. The zero-order valence-corrected chi connectivity index (χ0v) is 10.3. The Labute approximate surface area is 110 Å². The van der Waals surface area contributed by atoms with Gasteiger partial charge in [0.25, 0.3) is 0 Å². The van der Waals surface area contributed by atoms with Crippen LogP contribution in [0.3, 0.4) is 0 Å². The van der Waals surface area contributed by atoms with E-state index >= 15 is 0 Å². The standard InChI is InChI=1S/C11H18N4O4/c1-2-15(4-3-7(12)13)9-10(14)8(17)6(5-16)19-11(9,10)18/h1,6,8-9,16-18H,3-5,14H2,(H3,12,13)/t6?,8?,9?,10-,11?/m0/s1. The average molecular weight is 270 g/mol. The number of ether oxygens (including phenoxy) is 1. The summed E-state index contributed by atoms with van der Waals surface area (Å²) in [6.07, 6.45) is 3.41. The highest BCUT2D eigenvalue weighted by atomic mass is 16.7. The smallest absolute Gasteiger partial charge is 0.213 e. The van der Waals surface area contributed by atoms with E-state index in [-0.39, 0.29) is 18.8 Å². The molecular formula is C11H18N4O4. The zero-order chi connectivity index (χ0) is 14.4. The molecule has 1 aliphatic carbocycles. The van der Waals surface area contributed by atoms with Gasteiger partial charge in [0.1, 0.15) is 23.8 Å². The van der Waals surface area contributed by atoms with Crippen molar-refractivity contribution < 1.29 is 20.1 Å². The summed E-state index contributed by atoms with van der Waals surface area (Å²) in [5, 5.41) is 36.4. The lowest BCUT2D eigenvalue weighted by Gasteiger charge is -2.26. The Morgan fingerprint density at radius 3 is 2.58 bits per heavy atom. The average Bonchev–Trinajstić information content (AvgIpc) is 2.76. The van der Waals surface area contributed by atoms with Gasteiger partial charge in [0.15, 0.2) is 0 Å². The molecule has 1 saturated carbocycles. The fraction of sp³-hybridized carbons (Fsp3) is 0.727. The molecule has 8 N–H and O–H groups in total. The van der Waals surface area contributed by atoms with Crippen LogP contribution < -0.4 is 11.5 Å². The maximum atomic E-state index is 10.3. The highest BCUT2D eigenvalue weighted by Crippen LogP contribution is 2.58. The van der Waals surface area contributed by atoms with E-state index in [9.17, 15) is 10.2 Å². The molecule has 0 aromatic rings. The van der Waals surface area contributed by atoms with Gasteiger partial charge in [-0.3, -0.25) is 5.41 Å². The number of fused-ring (bicyclic) bond motifs is 1. The Bertz CT molecular complexity index is 439. The monoisotopic (exact) mass is 270 g/mol. The fourth-order valence-corrected chi connectivity index (χ4v) is 2.71. The summed E-state index contributed by atoms with van der Waals surface area (Å²) >= 11 is 0. The minimum absolute atomic E-state index is 0.0428. The van der Waals surface area contributed by atoms with Crippen LogP contribution in [-0.4, -0.2) is 68.8 Å². The normalized spacial score (nSPS) is 43.4. The first-order valence-corrected chi connectivity index (χ1v) is 5.86. The predicted molar refractivity (Wildman–Crippen MR) is 65.7 cm³/mol. The third-order valence-corrected chi connectivity index (χ3v) is 3.81. The molecule has 8 nitrogen and oxygen atoms in total. The largest absolute Gasteiger partial charge is 0.394 e. The van der Waals surface area contributed by atoms with Gasteiger partial charge in [-0.05, 0) is 0 Å². The number of terminal acetylenes is 1. The topological polar surface area (TPSA) is 149 Å². The summed E-state index contributed by atoms with van der Waals surface area (Å²) in [5.41, 5.74) is 9.77. The molecule has 1 heterocycles. The summed E-state index contributed by atoms with van der Waals surface area (Å²) < 4.78 is 5.20. The second-order valence-electron chi connectivity index (χ2n) is 4.91. The van der Waals surface area contributed by atoms with Crippen molar-refractivity contribution in [2.75, 3.05) is 13.2 Å². The maximum Gasteiger partial charge on any atom is 0.213 e. The molecule has 106 valence electrons. The molecule has 1 aliphatic heterocycles. The van der Waals surface area contributed by atoms with Crippen molar-refractivity contribution in [1.82, 2.24) is 4.90 Å². The highest BCUT2D eigenvalue weighted by Gasteiger charge is 2.87. The molecule has 4 unspecified atom stereocenters. The molecule has 0 aromatic carbocycles. The van der Waals surface area contributed by atoms with E-state index in [0.717, 1.165) is 0 Å². The zero-order valence-electron chi connectivity index (χ0n) is 10.3. The van der Waals surface area contributed by atoms with Crippen molar-refractivity contribution in [3.05, 3.63) is 0 Å². The van der Waals surface area contributed by atoms with Crippen LogP contribution in [0.4, 0.5) is 0 Å². The molecule has 8 heteroatoms. The molecule has 0 aromatic heterocycles. The molecule has 0 amide bonds. The van der Waals surface area contributed by atoms with Crippen molar-refractivity contribution in [2.45, 2.75) is 36.0 Å². The number of amidine groups is 1. The molecule has 0 radical (unpaired) electrons. The number of aliphatic hydroxyl groups is 3. The van der Waals surface area contributed by atoms with E-state index in [4.69, 9.17) is 33.1 Å². The van der Waals surface area contributed by atoms with E-state index in [1.54, 1.807) is 0 Å². The Morgan fingerprint density at radius 1 is 1.58 bits per heavy atom. The van der Waals surface area contributed by atoms with Gasteiger partial charge in [-0.15, -0.1) is 0 Å². The lowest BCUT2D eigenvalue weighted by atomic mass is 10.1. The Hall–Kier alpha value is -1.37. The molecule has 19 heavy (non-hydrogen) atoms. The molecule has 5 atom stereocenters. The first kappa shape index (κ1) is 14.0. The van der Waals surface area contributed by atoms with Crippen molar-refractivity contribution in [3.8, 4) is 12.5 Å². The Morgan fingerprint density at radius 2 is 2.21 bits per heavy atom. The van der Waals surface area contributed by atoms with E-state index in [0.29, 0.717) is 0 Å². The molecule has 2 fully saturated rings. The minimum Gasteiger partial charge on any atom is -0.394 e. The number of rotatable bonds is 5. The van der Waals surface area contributed by atoms with Crippen LogP contribution in [0.5, 0.6) is 0 Å². The number of hydrogen-bond donors (Lipinski definition) is 6. The van der Waals surface area contributed by atoms with Gasteiger partial charge in [0.05, 0.1) is 12.4 Å². The number of nitrogens with zero attached hydrogens (tertiary/aromatic N) is 1. The van der Waals surface area contributed by atoms with Crippen LogP contribution in [0.25, 0.3) is 0 Å². The van der Waals surface area contributed by atoms with Crippen LogP contribution in [0, 0.1) is 17.9 Å². The first-order valence-electron chi connectivity index (χ1n) is 5.86. The second kappa shape index (κ2) is 4.33. The lowest BCUT2D eigenvalue weighted by molar-refractivity contribution is -0.165. The van der Waals surface area contributed by atoms with Gasteiger partial charge in [-0.25, -0.2) is 0 Å².